The van der Waals surface area contributed by atoms with E-state index in [-0.39, 0.29) is 25.8 Å². The van der Waals surface area contributed by atoms with Crippen molar-refractivity contribution in [3.8, 4) is 0 Å². The quantitative estimate of drug-likeness (QED) is 0.565. The van der Waals surface area contributed by atoms with Crippen LogP contribution in [0.3, 0.4) is 0 Å². The van der Waals surface area contributed by atoms with E-state index in [9.17, 15) is 19.2 Å². The third-order valence-electron chi connectivity index (χ3n) is 1.56. The predicted molar refractivity (Wildman–Crippen MR) is 71.0 cm³/mol. The maximum absolute atomic E-state index is 10.9. The summed E-state index contributed by atoms with van der Waals surface area (Å²) in [6.45, 7) is 5.31. The van der Waals surface area contributed by atoms with Gasteiger partial charge in [0.1, 0.15) is 5.60 Å². The highest BCUT2D eigenvalue weighted by molar-refractivity contribution is 5.75. The number of hydrogen-bond acceptors (Lipinski definition) is 5. The van der Waals surface area contributed by atoms with Crippen LogP contribution in [0, 0.1) is 0 Å². The summed E-state index contributed by atoms with van der Waals surface area (Å²) in [6.07, 6.45) is -1.28. The van der Waals surface area contributed by atoms with Crippen LogP contribution in [0.1, 0.15) is 40.0 Å². The van der Waals surface area contributed by atoms with Gasteiger partial charge in [0.05, 0.1) is 19.3 Å². The van der Waals surface area contributed by atoms with Gasteiger partial charge >= 0.3 is 24.0 Å². The lowest BCUT2D eigenvalue weighted by Crippen LogP contribution is -2.33. The van der Waals surface area contributed by atoms with E-state index in [2.05, 4.69) is 5.32 Å². The third kappa shape index (κ3) is 23.2. The van der Waals surface area contributed by atoms with Crippen LogP contribution in [0.4, 0.5) is 4.79 Å². The normalized spacial score (nSPS) is 9.86. The van der Waals surface area contributed by atoms with E-state index >= 15 is 0 Å². The lowest BCUT2D eigenvalue weighted by molar-refractivity contribution is -0.143. The molecule has 0 rings (SSSR count). The van der Waals surface area contributed by atoms with E-state index < -0.39 is 29.6 Å². The van der Waals surface area contributed by atoms with E-state index in [0.717, 1.165) is 0 Å². The Morgan fingerprint density at radius 3 is 1.52 bits per heavy atom. The number of carboxylic acid groups (broad SMARTS) is 3. The van der Waals surface area contributed by atoms with Crippen LogP contribution in [-0.4, -0.2) is 51.5 Å². The second-order valence-electron chi connectivity index (χ2n) is 4.86. The molecule has 0 radical (unpaired) electrons. The minimum Gasteiger partial charge on any atom is -0.481 e. The Morgan fingerprint density at radius 1 is 0.857 bits per heavy atom. The first-order valence-electron chi connectivity index (χ1n) is 6.06. The van der Waals surface area contributed by atoms with Crippen molar-refractivity contribution >= 4 is 24.0 Å². The summed E-state index contributed by atoms with van der Waals surface area (Å²) in [4.78, 5) is 40.3. The number of aliphatic carboxylic acids is 3. The first-order chi connectivity index (χ1) is 9.44. The molecule has 21 heavy (non-hydrogen) atoms. The number of amides is 1. The van der Waals surface area contributed by atoms with E-state index in [4.69, 9.17) is 20.1 Å². The van der Waals surface area contributed by atoms with Crippen LogP contribution >= 0.6 is 0 Å². The Labute approximate surface area is 121 Å². The predicted octanol–water partition coefficient (Wildman–Crippen LogP) is 0.922. The summed E-state index contributed by atoms with van der Waals surface area (Å²) in [5, 5.41) is 26.4. The molecule has 0 spiro atoms. The molecule has 9 nitrogen and oxygen atoms in total. The largest absolute Gasteiger partial charge is 0.481 e. The molecule has 0 unspecified atom stereocenters. The van der Waals surface area contributed by atoms with Crippen molar-refractivity contribution in [1.29, 1.82) is 0 Å². The SMILES string of the molecule is CC(C)(C)OC(=O)NCCC(=O)O.O=C(O)CCC(=O)O. The zero-order chi connectivity index (χ0) is 17.1. The Bertz CT molecular complexity index is 358. The van der Waals surface area contributed by atoms with Gasteiger partial charge in [-0.3, -0.25) is 14.4 Å². The van der Waals surface area contributed by atoms with Gasteiger partial charge in [0.2, 0.25) is 0 Å². The number of carboxylic acids is 3. The molecule has 0 bridgehead atoms. The summed E-state index contributed by atoms with van der Waals surface area (Å²) < 4.78 is 4.88. The number of hydrogen-bond donors (Lipinski definition) is 4. The van der Waals surface area contributed by atoms with Crippen LogP contribution in [0.5, 0.6) is 0 Å². The van der Waals surface area contributed by atoms with Gasteiger partial charge in [0.25, 0.3) is 0 Å². The molecule has 0 heterocycles. The number of nitrogens with one attached hydrogen (secondary N) is 1. The van der Waals surface area contributed by atoms with E-state index in [1.54, 1.807) is 20.8 Å². The van der Waals surface area contributed by atoms with Gasteiger partial charge in [-0.15, -0.1) is 0 Å². The fraction of sp³-hybridized carbons (Fsp3) is 0.667. The maximum atomic E-state index is 10.9. The topological polar surface area (TPSA) is 150 Å². The van der Waals surface area contributed by atoms with E-state index in [0.29, 0.717) is 0 Å². The molecule has 0 aromatic heterocycles. The minimum atomic E-state index is -1.08. The molecule has 0 aliphatic carbocycles. The Balaban J connectivity index is 0. The van der Waals surface area contributed by atoms with Crippen LogP contribution in [-0.2, 0) is 19.1 Å². The Morgan fingerprint density at radius 2 is 1.24 bits per heavy atom. The number of ether oxygens (including phenoxy) is 1. The van der Waals surface area contributed by atoms with E-state index in [1.165, 1.54) is 0 Å². The second-order valence-corrected chi connectivity index (χ2v) is 4.86. The van der Waals surface area contributed by atoms with Crippen LogP contribution in [0.15, 0.2) is 0 Å². The van der Waals surface area contributed by atoms with Gasteiger partial charge in [-0.2, -0.15) is 0 Å². The average Bonchev–Trinajstić information content (AvgIpc) is 2.24. The lowest BCUT2D eigenvalue weighted by Gasteiger charge is -2.19. The maximum Gasteiger partial charge on any atom is 0.407 e. The van der Waals surface area contributed by atoms with Crippen molar-refractivity contribution in [2.75, 3.05) is 6.54 Å². The number of alkyl carbamates (subject to hydrolysis) is 1. The fourth-order valence-corrected chi connectivity index (χ4v) is 0.800. The molecular weight excluding hydrogens is 286 g/mol. The molecule has 0 aromatic carbocycles. The lowest BCUT2D eigenvalue weighted by atomic mass is 10.2. The molecule has 4 N–H and O–H groups in total. The van der Waals surface area contributed by atoms with Crippen molar-refractivity contribution < 1.29 is 39.2 Å². The highest BCUT2D eigenvalue weighted by Crippen LogP contribution is 2.06. The van der Waals surface area contributed by atoms with Crippen LogP contribution in [0.2, 0.25) is 0 Å². The molecule has 0 saturated heterocycles. The van der Waals surface area contributed by atoms with Gasteiger partial charge in [-0.05, 0) is 20.8 Å². The Hall–Kier alpha value is -2.32. The molecule has 0 saturated carbocycles. The Kier molecular flexibility index (Phi) is 10.5. The van der Waals surface area contributed by atoms with Gasteiger partial charge < -0.3 is 25.4 Å². The van der Waals surface area contributed by atoms with Crippen molar-refractivity contribution in [3.63, 3.8) is 0 Å². The smallest absolute Gasteiger partial charge is 0.407 e. The van der Waals surface area contributed by atoms with Crippen molar-refractivity contribution in [2.45, 2.75) is 45.6 Å². The standard InChI is InChI=1S/C8H15NO4.C4H6O4/c1-8(2,3)13-7(12)9-5-4-6(10)11;5-3(6)1-2-4(7)8/h4-5H2,1-3H3,(H,9,12)(H,10,11);1-2H2,(H,5,6)(H,7,8). The molecule has 9 heteroatoms. The summed E-state index contributed by atoms with van der Waals surface area (Å²) in [6, 6.07) is 0. The van der Waals surface area contributed by atoms with Crippen LogP contribution < -0.4 is 5.32 Å². The zero-order valence-electron chi connectivity index (χ0n) is 12.2. The van der Waals surface area contributed by atoms with Crippen molar-refractivity contribution in [3.05, 3.63) is 0 Å². The summed E-state index contributed by atoms with van der Waals surface area (Å²) in [7, 11) is 0. The molecule has 0 aliphatic heterocycles. The summed E-state index contributed by atoms with van der Waals surface area (Å²) in [5.41, 5.74) is -0.548. The van der Waals surface area contributed by atoms with Gasteiger partial charge in [0, 0.05) is 6.54 Å². The fourth-order valence-electron chi connectivity index (χ4n) is 0.800. The average molecular weight is 307 g/mol. The first-order valence-corrected chi connectivity index (χ1v) is 6.06. The molecule has 0 aromatic rings. The zero-order valence-corrected chi connectivity index (χ0v) is 12.2. The third-order valence-corrected chi connectivity index (χ3v) is 1.56. The molecular formula is C12H21NO8. The van der Waals surface area contributed by atoms with Crippen molar-refractivity contribution in [1.82, 2.24) is 5.32 Å². The first kappa shape index (κ1) is 21.0. The monoisotopic (exact) mass is 307 g/mol. The highest BCUT2D eigenvalue weighted by Gasteiger charge is 2.15. The molecule has 122 valence electrons. The van der Waals surface area contributed by atoms with Gasteiger partial charge in [-0.1, -0.05) is 0 Å². The highest BCUT2D eigenvalue weighted by atomic mass is 16.6. The summed E-state index contributed by atoms with van der Waals surface area (Å²) in [5.74, 6) is -3.10. The van der Waals surface area contributed by atoms with Crippen molar-refractivity contribution in [2.24, 2.45) is 0 Å². The number of carbonyl (C=O) groups excluding carboxylic acids is 1. The number of rotatable bonds is 6. The molecule has 0 atom stereocenters. The number of carbonyl (C=O) groups is 4. The second kappa shape index (κ2) is 10.5. The van der Waals surface area contributed by atoms with Crippen LogP contribution in [0.25, 0.3) is 0 Å². The summed E-state index contributed by atoms with van der Waals surface area (Å²) >= 11 is 0. The van der Waals surface area contributed by atoms with E-state index in [1.807, 2.05) is 0 Å². The van der Waals surface area contributed by atoms with Gasteiger partial charge in [-0.25, -0.2) is 4.79 Å². The molecule has 0 fully saturated rings. The molecule has 0 aliphatic rings. The minimum absolute atomic E-state index is 0.0875. The van der Waals surface area contributed by atoms with Gasteiger partial charge in [0.15, 0.2) is 0 Å². The molecule has 1 amide bonds.